The Labute approximate surface area is 93.4 Å². The van der Waals surface area contributed by atoms with Crippen LogP contribution in [0.5, 0.6) is 0 Å². The number of hydrogen-bond donors (Lipinski definition) is 2. The van der Waals surface area contributed by atoms with E-state index in [1.54, 1.807) is 32.0 Å². The van der Waals surface area contributed by atoms with Gasteiger partial charge in [-0.05, 0) is 32.0 Å². The van der Waals surface area contributed by atoms with Crippen molar-refractivity contribution >= 4 is 29.1 Å². The Morgan fingerprint density at radius 1 is 1.53 bits per heavy atom. The van der Waals surface area contributed by atoms with E-state index in [0.717, 1.165) is 0 Å². The molecule has 15 heavy (non-hydrogen) atoms. The number of rotatable bonds is 2. The Bertz CT molecular complexity index is 366. The molecule has 0 aliphatic heterocycles. The molecule has 3 N–H and O–H groups in total. The zero-order chi connectivity index (χ0) is 11.4. The maximum atomic E-state index is 11.2. The molecule has 0 bridgehead atoms. The monoisotopic (exact) mass is 228 g/mol. The lowest BCUT2D eigenvalue weighted by molar-refractivity contribution is 0.130. The molecule has 1 aromatic carbocycles. The average molecular weight is 229 g/mol. The Morgan fingerprint density at radius 2 is 2.20 bits per heavy atom. The third kappa shape index (κ3) is 3.67. The van der Waals surface area contributed by atoms with Gasteiger partial charge in [-0.2, -0.15) is 0 Å². The van der Waals surface area contributed by atoms with Gasteiger partial charge in [0.25, 0.3) is 0 Å². The number of halogens is 1. The average Bonchev–Trinajstić information content (AvgIpc) is 2.08. The van der Waals surface area contributed by atoms with Crippen molar-refractivity contribution in [3.63, 3.8) is 0 Å². The summed E-state index contributed by atoms with van der Waals surface area (Å²) in [6, 6.07) is 4.83. The van der Waals surface area contributed by atoms with Gasteiger partial charge in [-0.1, -0.05) is 11.6 Å². The topological polar surface area (TPSA) is 64.3 Å². The number of ether oxygens (including phenoxy) is 1. The molecule has 1 aromatic rings. The number of nitrogen functional groups attached to an aromatic ring is 1. The zero-order valence-electron chi connectivity index (χ0n) is 8.58. The van der Waals surface area contributed by atoms with Gasteiger partial charge in [0.05, 0.1) is 17.5 Å². The van der Waals surface area contributed by atoms with Gasteiger partial charge in [0.15, 0.2) is 0 Å². The van der Waals surface area contributed by atoms with Crippen LogP contribution in [0.4, 0.5) is 16.2 Å². The van der Waals surface area contributed by atoms with Crippen molar-refractivity contribution in [1.82, 2.24) is 0 Å². The zero-order valence-corrected chi connectivity index (χ0v) is 9.34. The number of carbonyl (C=O) groups excluding carboxylic acids is 1. The summed E-state index contributed by atoms with van der Waals surface area (Å²) < 4.78 is 4.90. The third-order valence-corrected chi connectivity index (χ3v) is 1.83. The van der Waals surface area contributed by atoms with Gasteiger partial charge in [0, 0.05) is 5.02 Å². The highest BCUT2D eigenvalue weighted by Crippen LogP contribution is 2.22. The molecule has 0 aliphatic rings. The van der Waals surface area contributed by atoms with Gasteiger partial charge in [-0.15, -0.1) is 0 Å². The standard InChI is InChI=1S/C10H13ClN2O2/c1-6(2)15-10(14)13-9-4-3-7(11)5-8(9)12/h3-6H,12H2,1-2H3,(H,13,14). The minimum Gasteiger partial charge on any atom is -0.447 e. The van der Waals surface area contributed by atoms with Crippen LogP contribution in [0.2, 0.25) is 5.02 Å². The summed E-state index contributed by atoms with van der Waals surface area (Å²) in [5, 5.41) is 3.05. The van der Waals surface area contributed by atoms with Crippen molar-refractivity contribution in [3.05, 3.63) is 23.2 Å². The third-order valence-electron chi connectivity index (χ3n) is 1.59. The van der Waals surface area contributed by atoms with Crippen molar-refractivity contribution < 1.29 is 9.53 Å². The summed E-state index contributed by atoms with van der Waals surface area (Å²) in [7, 11) is 0. The van der Waals surface area contributed by atoms with E-state index < -0.39 is 6.09 Å². The van der Waals surface area contributed by atoms with E-state index in [0.29, 0.717) is 16.4 Å². The molecule has 5 heteroatoms. The summed E-state index contributed by atoms with van der Waals surface area (Å²) in [6.07, 6.45) is -0.697. The molecular weight excluding hydrogens is 216 g/mol. The van der Waals surface area contributed by atoms with Gasteiger partial charge < -0.3 is 10.5 Å². The fraction of sp³-hybridized carbons (Fsp3) is 0.300. The van der Waals surface area contributed by atoms with Crippen LogP contribution in [0.15, 0.2) is 18.2 Å². The maximum absolute atomic E-state index is 11.2. The molecule has 0 radical (unpaired) electrons. The number of hydrogen-bond acceptors (Lipinski definition) is 3. The lowest BCUT2D eigenvalue weighted by Crippen LogP contribution is -2.18. The van der Waals surface area contributed by atoms with E-state index in [9.17, 15) is 4.79 Å². The highest BCUT2D eigenvalue weighted by atomic mass is 35.5. The van der Waals surface area contributed by atoms with Crippen molar-refractivity contribution in [2.24, 2.45) is 0 Å². The van der Waals surface area contributed by atoms with Crippen LogP contribution in [-0.2, 0) is 4.74 Å². The number of nitrogens with one attached hydrogen (secondary N) is 1. The second-order valence-electron chi connectivity index (χ2n) is 3.31. The number of nitrogens with two attached hydrogens (primary N) is 1. The Balaban J connectivity index is 2.68. The second kappa shape index (κ2) is 4.89. The maximum Gasteiger partial charge on any atom is 0.411 e. The molecular formula is C10H13ClN2O2. The van der Waals surface area contributed by atoms with E-state index >= 15 is 0 Å². The van der Waals surface area contributed by atoms with Gasteiger partial charge >= 0.3 is 6.09 Å². The highest BCUT2D eigenvalue weighted by Gasteiger charge is 2.07. The van der Waals surface area contributed by atoms with Crippen LogP contribution in [0.25, 0.3) is 0 Å². The quantitative estimate of drug-likeness (QED) is 0.765. The molecule has 0 aromatic heterocycles. The molecule has 1 rings (SSSR count). The first kappa shape index (κ1) is 11.7. The van der Waals surface area contributed by atoms with Crippen LogP contribution in [0.1, 0.15) is 13.8 Å². The lowest BCUT2D eigenvalue weighted by atomic mass is 10.3. The van der Waals surface area contributed by atoms with E-state index in [4.69, 9.17) is 22.1 Å². The first-order chi connectivity index (χ1) is 6.99. The predicted molar refractivity (Wildman–Crippen MR) is 61.1 cm³/mol. The minimum absolute atomic E-state index is 0.168. The van der Waals surface area contributed by atoms with E-state index in [2.05, 4.69) is 5.32 Å². The smallest absolute Gasteiger partial charge is 0.411 e. The fourth-order valence-electron chi connectivity index (χ4n) is 1.00. The Morgan fingerprint density at radius 3 is 2.73 bits per heavy atom. The highest BCUT2D eigenvalue weighted by molar-refractivity contribution is 6.31. The molecule has 0 saturated heterocycles. The SMILES string of the molecule is CC(C)OC(=O)Nc1ccc(Cl)cc1N. The summed E-state index contributed by atoms with van der Waals surface area (Å²) >= 11 is 5.71. The van der Waals surface area contributed by atoms with Gasteiger partial charge in [-0.3, -0.25) is 5.32 Å². The minimum atomic E-state index is -0.529. The summed E-state index contributed by atoms with van der Waals surface area (Å²) in [5.41, 5.74) is 6.54. The van der Waals surface area contributed by atoms with E-state index in [-0.39, 0.29) is 6.10 Å². The van der Waals surface area contributed by atoms with Crippen LogP contribution in [0.3, 0.4) is 0 Å². The van der Waals surface area contributed by atoms with Crippen LogP contribution in [-0.4, -0.2) is 12.2 Å². The molecule has 0 spiro atoms. The molecule has 0 unspecified atom stereocenters. The van der Waals surface area contributed by atoms with Gasteiger partial charge in [-0.25, -0.2) is 4.79 Å². The molecule has 4 nitrogen and oxygen atoms in total. The number of carbonyl (C=O) groups is 1. The molecule has 0 atom stereocenters. The van der Waals surface area contributed by atoms with Crippen LogP contribution < -0.4 is 11.1 Å². The van der Waals surface area contributed by atoms with E-state index in [1.165, 1.54) is 0 Å². The predicted octanol–water partition coefficient (Wildman–Crippen LogP) is 2.88. The van der Waals surface area contributed by atoms with Crippen molar-refractivity contribution in [2.45, 2.75) is 20.0 Å². The Kier molecular flexibility index (Phi) is 3.80. The van der Waals surface area contributed by atoms with Crippen molar-refractivity contribution in [1.29, 1.82) is 0 Å². The number of anilines is 2. The van der Waals surface area contributed by atoms with Crippen LogP contribution in [0, 0.1) is 0 Å². The molecule has 1 amide bonds. The van der Waals surface area contributed by atoms with Gasteiger partial charge in [0.2, 0.25) is 0 Å². The summed E-state index contributed by atoms with van der Waals surface area (Å²) in [4.78, 5) is 11.2. The molecule has 0 heterocycles. The molecule has 0 fully saturated rings. The first-order valence-electron chi connectivity index (χ1n) is 4.51. The summed E-state index contributed by atoms with van der Waals surface area (Å²) in [5.74, 6) is 0. The van der Waals surface area contributed by atoms with Crippen molar-refractivity contribution in [2.75, 3.05) is 11.1 Å². The molecule has 0 aliphatic carbocycles. The van der Waals surface area contributed by atoms with Crippen LogP contribution >= 0.6 is 11.6 Å². The number of amides is 1. The molecule has 82 valence electrons. The summed E-state index contributed by atoms with van der Waals surface area (Å²) in [6.45, 7) is 3.54. The van der Waals surface area contributed by atoms with E-state index in [1.807, 2.05) is 0 Å². The van der Waals surface area contributed by atoms with Gasteiger partial charge in [0.1, 0.15) is 0 Å². The molecule has 0 saturated carbocycles. The largest absolute Gasteiger partial charge is 0.447 e. The fourth-order valence-corrected chi connectivity index (χ4v) is 1.18. The van der Waals surface area contributed by atoms with Crippen molar-refractivity contribution in [3.8, 4) is 0 Å². The first-order valence-corrected chi connectivity index (χ1v) is 4.89. The number of benzene rings is 1. The normalized spacial score (nSPS) is 10.1. The second-order valence-corrected chi connectivity index (χ2v) is 3.75. The Hall–Kier alpha value is -1.42. The lowest BCUT2D eigenvalue weighted by Gasteiger charge is -2.11.